The van der Waals surface area contributed by atoms with Gasteiger partial charge in [-0.15, -0.1) is 0 Å². The number of pyridine rings is 1. The van der Waals surface area contributed by atoms with Crippen LogP contribution in [0.5, 0.6) is 0 Å². The molecule has 1 saturated carbocycles. The summed E-state index contributed by atoms with van der Waals surface area (Å²) in [5.41, 5.74) is 2.49. The minimum Gasteiger partial charge on any atom is -0.322 e. The number of hydrazine groups is 1. The van der Waals surface area contributed by atoms with E-state index in [0.29, 0.717) is 18.5 Å². The molecule has 0 unspecified atom stereocenters. The van der Waals surface area contributed by atoms with Crippen molar-refractivity contribution in [2.75, 3.05) is 5.32 Å². The second-order valence-corrected chi connectivity index (χ2v) is 7.40. The molecular formula is C21H21N5O4. The molecule has 30 heavy (non-hydrogen) atoms. The van der Waals surface area contributed by atoms with Gasteiger partial charge in [-0.25, -0.2) is 4.79 Å². The van der Waals surface area contributed by atoms with Crippen LogP contribution in [0.25, 0.3) is 0 Å². The van der Waals surface area contributed by atoms with Crippen molar-refractivity contribution in [1.29, 1.82) is 0 Å². The molecule has 9 heteroatoms. The molecule has 1 aliphatic carbocycles. The van der Waals surface area contributed by atoms with E-state index in [9.17, 15) is 19.2 Å². The van der Waals surface area contributed by atoms with Crippen molar-refractivity contribution < 1.29 is 19.2 Å². The zero-order valence-corrected chi connectivity index (χ0v) is 16.2. The first-order chi connectivity index (χ1) is 14.5. The number of rotatable bonds is 4. The van der Waals surface area contributed by atoms with Gasteiger partial charge in [0, 0.05) is 17.4 Å². The van der Waals surface area contributed by atoms with Crippen LogP contribution in [0.15, 0.2) is 48.7 Å². The standard InChI is InChI=1S/C21H21N5O4/c27-17(25-26-19(29)21(24-20(26)30)11-3-1-4-12-21)14-7-9-15(10-8-14)23-18(28)16-6-2-5-13-22-16/h2,5-10,13H,1,3-4,11-12H2,(H,23,28)(H,24,30)(H,25,27). The summed E-state index contributed by atoms with van der Waals surface area (Å²) < 4.78 is 0. The quantitative estimate of drug-likeness (QED) is 0.671. The number of nitrogens with one attached hydrogen (secondary N) is 3. The van der Waals surface area contributed by atoms with E-state index in [4.69, 9.17) is 0 Å². The number of nitrogens with zero attached hydrogens (tertiary/aromatic N) is 2. The molecule has 2 heterocycles. The molecule has 5 amide bonds. The Bertz CT molecular complexity index is 984. The van der Waals surface area contributed by atoms with Crippen molar-refractivity contribution >= 4 is 29.4 Å². The Kier molecular flexibility index (Phi) is 5.18. The lowest BCUT2D eigenvalue weighted by Crippen LogP contribution is -2.50. The number of urea groups is 1. The van der Waals surface area contributed by atoms with Gasteiger partial charge in [-0.3, -0.25) is 24.8 Å². The summed E-state index contributed by atoms with van der Waals surface area (Å²) in [7, 11) is 0. The summed E-state index contributed by atoms with van der Waals surface area (Å²) >= 11 is 0. The molecule has 2 aromatic rings. The largest absolute Gasteiger partial charge is 0.344 e. The number of hydrogen-bond donors (Lipinski definition) is 3. The van der Waals surface area contributed by atoms with Gasteiger partial charge in [-0.1, -0.05) is 25.3 Å². The summed E-state index contributed by atoms with van der Waals surface area (Å²) in [6.45, 7) is 0. The highest BCUT2D eigenvalue weighted by Gasteiger charge is 2.52. The van der Waals surface area contributed by atoms with Gasteiger partial charge >= 0.3 is 6.03 Å². The van der Waals surface area contributed by atoms with Crippen molar-refractivity contribution in [2.24, 2.45) is 0 Å². The lowest BCUT2D eigenvalue weighted by Gasteiger charge is -2.30. The van der Waals surface area contributed by atoms with Crippen molar-refractivity contribution in [2.45, 2.75) is 37.6 Å². The van der Waals surface area contributed by atoms with E-state index >= 15 is 0 Å². The fourth-order valence-electron chi connectivity index (χ4n) is 3.78. The number of aromatic nitrogens is 1. The summed E-state index contributed by atoms with van der Waals surface area (Å²) in [4.78, 5) is 53.7. The summed E-state index contributed by atoms with van der Waals surface area (Å²) in [6, 6.07) is 10.5. The highest BCUT2D eigenvalue weighted by molar-refractivity contribution is 6.09. The first-order valence-corrected chi connectivity index (χ1v) is 9.79. The molecule has 1 aromatic heterocycles. The lowest BCUT2D eigenvalue weighted by atomic mass is 9.82. The third-order valence-corrected chi connectivity index (χ3v) is 5.38. The van der Waals surface area contributed by atoms with E-state index in [1.807, 2.05) is 0 Å². The van der Waals surface area contributed by atoms with E-state index in [-0.39, 0.29) is 17.2 Å². The smallest absolute Gasteiger partial charge is 0.322 e. The van der Waals surface area contributed by atoms with Crippen molar-refractivity contribution in [3.63, 3.8) is 0 Å². The topological polar surface area (TPSA) is 121 Å². The molecule has 1 aromatic carbocycles. The molecule has 1 spiro atoms. The van der Waals surface area contributed by atoms with Crippen LogP contribution in [0.4, 0.5) is 10.5 Å². The first kappa shape index (κ1) is 19.6. The van der Waals surface area contributed by atoms with Crippen LogP contribution in [0.2, 0.25) is 0 Å². The predicted molar refractivity (Wildman–Crippen MR) is 107 cm³/mol. The number of benzene rings is 1. The molecule has 0 bridgehead atoms. The second kappa shape index (κ2) is 7.94. The predicted octanol–water partition coefficient (Wildman–Crippen LogP) is 2.23. The van der Waals surface area contributed by atoms with Gasteiger partial charge in [0.15, 0.2) is 0 Å². The van der Waals surface area contributed by atoms with Crippen LogP contribution in [0.3, 0.4) is 0 Å². The highest BCUT2D eigenvalue weighted by Crippen LogP contribution is 2.33. The molecule has 2 fully saturated rings. The van der Waals surface area contributed by atoms with Crippen LogP contribution < -0.4 is 16.1 Å². The molecule has 2 aliphatic rings. The van der Waals surface area contributed by atoms with Crippen LogP contribution in [0, 0.1) is 0 Å². The fourth-order valence-corrected chi connectivity index (χ4v) is 3.78. The highest BCUT2D eigenvalue weighted by atomic mass is 16.2. The van der Waals surface area contributed by atoms with Gasteiger partial charge in [0.2, 0.25) is 0 Å². The normalized spacial score (nSPS) is 17.5. The SMILES string of the molecule is O=C(NN1C(=O)NC2(CCCCC2)C1=O)c1ccc(NC(=O)c2ccccn2)cc1. The number of imide groups is 1. The number of carbonyl (C=O) groups excluding carboxylic acids is 4. The van der Waals surface area contributed by atoms with Crippen molar-refractivity contribution in [1.82, 2.24) is 20.7 Å². The molecule has 9 nitrogen and oxygen atoms in total. The number of amides is 5. The Labute approximate surface area is 172 Å². The molecule has 1 aliphatic heterocycles. The zero-order valence-electron chi connectivity index (χ0n) is 16.2. The Morgan fingerprint density at radius 1 is 0.967 bits per heavy atom. The van der Waals surface area contributed by atoms with E-state index in [1.165, 1.54) is 18.3 Å². The summed E-state index contributed by atoms with van der Waals surface area (Å²) in [6.07, 6.45) is 5.43. The maximum absolute atomic E-state index is 12.7. The van der Waals surface area contributed by atoms with Gasteiger partial charge in [0.25, 0.3) is 17.7 Å². The summed E-state index contributed by atoms with van der Waals surface area (Å²) in [5.74, 6) is -1.38. The monoisotopic (exact) mass is 407 g/mol. The van der Waals surface area contributed by atoms with Crippen molar-refractivity contribution in [3.05, 3.63) is 59.9 Å². The molecule has 1 saturated heterocycles. The van der Waals surface area contributed by atoms with Gasteiger partial charge in [-0.05, 0) is 49.2 Å². The third kappa shape index (κ3) is 3.73. The van der Waals surface area contributed by atoms with Gasteiger partial charge in [-0.2, -0.15) is 5.01 Å². The molecule has 4 rings (SSSR count). The van der Waals surface area contributed by atoms with Crippen LogP contribution in [-0.2, 0) is 4.79 Å². The Morgan fingerprint density at radius 2 is 1.70 bits per heavy atom. The average molecular weight is 407 g/mol. The third-order valence-electron chi connectivity index (χ3n) is 5.38. The number of carbonyl (C=O) groups is 4. The maximum Gasteiger partial charge on any atom is 0.344 e. The molecule has 0 atom stereocenters. The van der Waals surface area contributed by atoms with Crippen LogP contribution in [-0.4, -0.2) is 39.3 Å². The van der Waals surface area contributed by atoms with E-state index < -0.39 is 23.4 Å². The van der Waals surface area contributed by atoms with E-state index in [1.54, 1.807) is 30.3 Å². The number of anilines is 1. The molecule has 154 valence electrons. The van der Waals surface area contributed by atoms with Gasteiger partial charge in [0.1, 0.15) is 11.2 Å². The molecule has 3 N–H and O–H groups in total. The fraction of sp³-hybridized carbons (Fsp3) is 0.286. The Balaban J connectivity index is 1.40. The Hall–Kier alpha value is -3.75. The molecular weight excluding hydrogens is 386 g/mol. The second-order valence-electron chi connectivity index (χ2n) is 7.40. The van der Waals surface area contributed by atoms with Gasteiger partial charge < -0.3 is 10.6 Å². The zero-order chi connectivity index (χ0) is 21.1. The Morgan fingerprint density at radius 3 is 2.37 bits per heavy atom. The van der Waals surface area contributed by atoms with E-state index in [2.05, 4.69) is 21.0 Å². The van der Waals surface area contributed by atoms with Crippen molar-refractivity contribution in [3.8, 4) is 0 Å². The number of hydrogen-bond acceptors (Lipinski definition) is 5. The minimum absolute atomic E-state index is 0.246. The maximum atomic E-state index is 12.7. The van der Waals surface area contributed by atoms with E-state index in [0.717, 1.165) is 24.3 Å². The minimum atomic E-state index is -0.901. The molecule has 0 radical (unpaired) electrons. The van der Waals surface area contributed by atoms with Crippen LogP contribution >= 0.6 is 0 Å². The van der Waals surface area contributed by atoms with Gasteiger partial charge in [0.05, 0.1) is 0 Å². The first-order valence-electron chi connectivity index (χ1n) is 9.79. The summed E-state index contributed by atoms with van der Waals surface area (Å²) in [5, 5.41) is 6.20. The lowest BCUT2D eigenvalue weighted by molar-refractivity contribution is -0.134. The van der Waals surface area contributed by atoms with Crippen LogP contribution in [0.1, 0.15) is 53.0 Å². The average Bonchev–Trinajstić information content (AvgIpc) is 2.99.